The first-order valence-corrected chi connectivity index (χ1v) is 7.37. The molecule has 0 amide bonds. The second kappa shape index (κ2) is 5.41. The van der Waals surface area contributed by atoms with Gasteiger partial charge in [-0.1, -0.05) is 0 Å². The van der Waals surface area contributed by atoms with Crippen LogP contribution in [0.5, 0.6) is 0 Å². The van der Waals surface area contributed by atoms with Gasteiger partial charge in [0.2, 0.25) is 11.9 Å². The number of rotatable bonds is 3. The predicted octanol–water partition coefficient (Wildman–Crippen LogP) is 3.06. The van der Waals surface area contributed by atoms with Crippen LogP contribution in [-0.2, 0) is 10.0 Å². The fraction of sp³-hybridized carbons (Fsp3) is 0. The van der Waals surface area contributed by atoms with Crippen molar-refractivity contribution in [3.8, 4) is 0 Å². The Labute approximate surface area is 120 Å². The number of pyridine rings is 1. The van der Waals surface area contributed by atoms with Crippen molar-refractivity contribution in [2.75, 3.05) is 4.72 Å². The molecule has 1 aromatic carbocycles. The summed E-state index contributed by atoms with van der Waals surface area (Å²) < 4.78 is 64.8. The smallest absolute Gasteiger partial charge is 0.263 e. The highest BCUT2D eigenvalue weighted by Crippen LogP contribution is 2.25. The fourth-order valence-electron chi connectivity index (χ4n) is 1.38. The summed E-state index contributed by atoms with van der Waals surface area (Å²) in [5.41, 5.74) is -0.511. The molecule has 0 spiro atoms. The Hall–Kier alpha value is -1.61. The molecule has 0 atom stereocenters. The van der Waals surface area contributed by atoms with Crippen LogP contribution in [0.15, 0.2) is 39.7 Å². The molecule has 0 fully saturated rings. The lowest BCUT2D eigenvalue weighted by atomic mass is 10.3. The van der Waals surface area contributed by atoms with Crippen molar-refractivity contribution in [3.05, 3.63) is 52.5 Å². The minimum Gasteiger partial charge on any atom is -0.275 e. The van der Waals surface area contributed by atoms with Crippen LogP contribution in [0.25, 0.3) is 0 Å². The molecular formula is C11H6BrF3N2O2S. The van der Waals surface area contributed by atoms with Crippen molar-refractivity contribution >= 4 is 31.6 Å². The van der Waals surface area contributed by atoms with Gasteiger partial charge in [-0.3, -0.25) is 4.72 Å². The molecule has 0 bridgehead atoms. The van der Waals surface area contributed by atoms with Gasteiger partial charge in [-0.2, -0.15) is 13.8 Å². The van der Waals surface area contributed by atoms with Gasteiger partial charge in [-0.25, -0.2) is 12.8 Å². The molecule has 1 heterocycles. The van der Waals surface area contributed by atoms with Crippen molar-refractivity contribution < 1.29 is 21.6 Å². The topological polar surface area (TPSA) is 59.1 Å². The van der Waals surface area contributed by atoms with Crippen molar-refractivity contribution in [3.63, 3.8) is 0 Å². The van der Waals surface area contributed by atoms with Crippen LogP contribution in [0.2, 0.25) is 0 Å². The third-order valence-electron chi connectivity index (χ3n) is 2.24. The number of hydrogen-bond donors (Lipinski definition) is 1. The first-order valence-electron chi connectivity index (χ1n) is 5.09. The Balaban J connectivity index is 2.41. The summed E-state index contributed by atoms with van der Waals surface area (Å²) in [6.07, 6.45) is 0. The zero-order valence-corrected chi connectivity index (χ0v) is 12.0. The van der Waals surface area contributed by atoms with Gasteiger partial charge in [-0.05, 0) is 46.3 Å². The maximum Gasteiger partial charge on any atom is 0.263 e. The van der Waals surface area contributed by atoms with Crippen LogP contribution in [0, 0.1) is 17.7 Å². The number of halogens is 4. The van der Waals surface area contributed by atoms with Gasteiger partial charge >= 0.3 is 0 Å². The molecule has 2 aromatic rings. The molecule has 20 heavy (non-hydrogen) atoms. The normalized spacial score (nSPS) is 11.4. The predicted molar refractivity (Wildman–Crippen MR) is 69.1 cm³/mol. The second-order valence-electron chi connectivity index (χ2n) is 3.65. The highest BCUT2D eigenvalue weighted by atomic mass is 79.9. The Morgan fingerprint density at radius 3 is 2.40 bits per heavy atom. The van der Waals surface area contributed by atoms with Gasteiger partial charge in [-0.15, -0.1) is 0 Å². The molecular weight excluding hydrogens is 361 g/mol. The molecule has 0 saturated heterocycles. The number of aromatic nitrogens is 1. The summed E-state index contributed by atoms with van der Waals surface area (Å²) in [7, 11) is -4.16. The van der Waals surface area contributed by atoms with Crippen molar-refractivity contribution in [1.82, 2.24) is 4.98 Å². The number of sulfonamides is 1. The Morgan fingerprint density at radius 2 is 1.80 bits per heavy atom. The molecule has 0 radical (unpaired) electrons. The Bertz CT molecular complexity index is 768. The summed E-state index contributed by atoms with van der Waals surface area (Å²) in [5.74, 6) is -3.01. The molecule has 0 unspecified atom stereocenters. The highest BCUT2D eigenvalue weighted by molar-refractivity contribution is 9.10. The molecule has 1 N–H and O–H groups in total. The molecule has 2 rings (SSSR count). The number of hydrogen-bond acceptors (Lipinski definition) is 3. The molecule has 4 nitrogen and oxygen atoms in total. The lowest BCUT2D eigenvalue weighted by molar-refractivity contribution is 0.515. The van der Waals surface area contributed by atoms with Gasteiger partial charge < -0.3 is 0 Å². The van der Waals surface area contributed by atoms with Crippen molar-refractivity contribution in [1.29, 1.82) is 0 Å². The first-order chi connectivity index (χ1) is 9.29. The van der Waals surface area contributed by atoms with E-state index in [1.165, 1.54) is 0 Å². The van der Waals surface area contributed by atoms with E-state index in [9.17, 15) is 21.6 Å². The average Bonchev–Trinajstić information content (AvgIpc) is 2.32. The second-order valence-corrected chi connectivity index (χ2v) is 6.16. The summed E-state index contributed by atoms with van der Waals surface area (Å²) in [6, 6.07) is 4.61. The fourth-order valence-corrected chi connectivity index (χ4v) is 3.49. The number of benzene rings is 1. The van der Waals surface area contributed by atoms with E-state index in [4.69, 9.17) is 0 Å². The van der Waals surface area contributed by atoms with E-state index in [2.05, 4.69) is 20.9 Å². The summed E-state index contributed by atoms with van der Waals surface area (Å²) in [5, 5.41) is 0. The van der Waals surface area contributed by atoms with Crippen LogP contribution in [0.3, 0.4) is 0 Å². The minimum atomic E-state index is -4.16. The van der Waals surface area contributed by atoms with Gasteiger partial charge in [0.05, 0.1) is 0 Å². The van der Waals surface area contributed by atoms with Gasteiger partial charge in [0.15, 0.2) is 0 Å². The number of nitrogens with one attached hydrogen (secondary N) is 1. The first kappa shape index (κ1) is 14.8. The van der Waals surface area contributed by atoms with E-state index in [1.54, 1.807) is 0 Å². The molecule has 9 heteroatoms. The van der Waals surface area contributed by atoms with E-state index in [0.29, 0.717) is 0 Å². The lowest BCUT2D eigenvalue weighted by Crippen LogP contribution is -2.15. The molecule has 0 aliphatic rings. The van der Waals surface area contributed by atoms with E-state index in [1.807, 2.05) is 4.72 Å². The zero-order chi connectivity index (χ0) is 14.9. The van der Waals surface area contributed by atoms with Crippen molar-refractivity contribution in [2.24, 2.45) is 0 Å². The molecule has 106 valence electrons. The Kier molecular flexibility index (Phi) is 4.00. The highest BCUT2D eigenvalue weighted by Gasteiger charge is 2.20. The number of nitrogens with zero attached hydrogens (tertiary/aromatic N) is 1. The van der Waals surface area contributed by atoms with Crippen LogP contribution >= 0.6 is 15.9 Å². The number of anilines is 1. The van der Waals surface area contributed by atoms with Gasteiger partial charge in [0, 0.05) is 4.47 Å². The summed E-state index contributed by atoms with van der Waals surface area (Å²) in [4.78, 5) is 2.57. The van der Waals surface area contributed by atoms with Crippen LogP contribution < -0.4 is 4.72 Å². The minimum absolute atomic E-state index is 0.0273. The third kappa shape index (κ3) is 3.10. The van der Waals surface area contributed by atoms with E-state index < -0.39 is 33.4 Å². The van der Waals surface area contributed by atoms with E-state index in [0.717, 1.165) is 30.3 Å². The SMILES string of the molecule is O=S(=O)(Nc1ccc(F)nc1F)c1ccc(F)cc1Br. The summed E-state index contributed by atoms with van der Waals surface area (Å²) in [6.45, 7) is 0. The maximum absolute atomic E-state index is 13.3. The maximum atomic E-state index is 13.3. The largest absolute Gasteiger partial charge is 0.275 e. The van der Waals surface area contributed by atoms with Crippen molar-refractivity contribution in [2.45, 2.75) is 4.90 Å². The molecule has 0 aliphatic heterocycles. The van der Waals surface area contributed by atoms with Gasteiger partial charge in [0.1, 0.15) is 16.4 Å². The van der Waals surface area contributed by atoms with Crippen LogP contribution in [-0.4, -0.2) is 13.4 Å². The van der Waals surface area contributed by atoms with Gasteiger partial charge in [0.25, 0.3) is 10.0 Å². The molecule has 1 aromatic heterocycles. The zero-order valence-electron chi connectivity index (χ0n) is 9.57. The lowest BCUT2D eigenvalue weighted by Gasteiger charge is -2.09. The van der Waals surface area contributed by atoms with E-state index in [-0.39, 0.29) is 9.37 Å². The Morgan fingerprint density at radius 1 is 1.10 bits per heavy atom. The quantitative estimate of drug-likeness (QED) is 0.849. The summed E-state index contributed by atoms with van der Waals surface area (Å²) >= 11 is 2.90. The van der Waals surface area contributed by atoms with Crippen LogP contribution in [0.4, 0.5) is 18.9 Å². The average molecular weight is 367 g/mol. The third-order valence-corrected chi connectivity index (χ3v) is 4.58. The monoisotopic (exact) mass is 366 g/mol. The van der Waals surface area contributed by atoms with Crippen LogP contribution in [0.1, 0.15) is 0 Å². The molecule has 0 aliphatic carbocycles. The molecule has 0 saturated carbocycles. The standard InChI is InChI=1S/C11H6BrF3N2O2S/c12-7-5-6(13)1-3-9(7)20(18,19)17-8-2-4-10(14)16-11(8)15/h1-5,17H. The van der Waals surface area contributed by atoms with E-state index >= 15 is 0 Å².